The number of nitrogens with one attached hydrogen (secondary N) is 3. The van der Waals surface area contributed by atoms with E-state index in [1.807, 2.05) is 0 Å². The van der Waals surface area contributed by atoms with Gasteiger partial charge in [-0.05, 0) is 26.1 Å². The summed E-state index contributed by atoms with van der Waals surface area (Å²) in [6, 6.07) is 4.09. The Balaban J connectivity index is 2.44. The second kappa shape index (κ2) is 6.00. The highest BCUT2D eigenvalue weighted by Gasteiger charge is 2.25. The van der Waals surface area contributed by atoms with E-state index in [1.165, 1.54) is 18.2 Å². The molecule has 0 spiro atoms. The average molecular weight is 333 g/mol. The Hall–Kier alpha value is -1.64. The van der Waals surface area contributed by atoms with Crippen molar-refractivity contribution in [2.45, 2.75) is 18.4 Å². The fourth-order valence-electron chi connectivity index (χ4n) is 1.89. The fraction of sp³-hybridized carbons (Fsp3) is 0.250. The molecule has 0 amide bonds. The van der Waals surface area contributed by atoms with E-state index in [-0.39, 0.29) is 22.2 Å². The zero-order valence-electron chi connectivity index (χ0n) is 11.4. The van der Waals surface area contributed by atoms with Crippen molar-refractivity contribution in [3.8, 4) is 0 Å². The number of anilines is 1. The normalized spacial score (nSPS) is 11.6. The van der Waals surface area contributed by atoms with Crippen LogP contribution in [0.2, 0.25) is 5.02 Å². The van der Waals surface area contributed by atoms with Crippen molar-refractivity contribution in [3.63, 3.8) is 0 Å². The quantitative estimate of drug-likeness (QED) is 0.782. The van der Waals surface area contributed by atoms with Crippen LogP contribution in [-0.2, 0) is 16.6 Å². The third-order valence-electron chi connectivity index (χ3n) is 2.77. The van der Waals surface area contributed by atoms with E-state index in [1.54, 1.807) is 14.0 Å². The molecule has 9 heteroatoms. The van der Waals surface area contributed by atoms with Gasteiger partial charge in [0.15, 0.2) is 5.82 Å². The highest BCUT2D eigenvalue weighted by molar-refractivity contribution is 7.92. The van der Waals surface area contributed by atoms with Gasteiger partial charge in [0.2, 0.25) is 0 Å². The van der Waals surface area contributed by atoms with E-state index in [9.17, 15) is 12.8 Å². The smallest absolute Gasteiger partial charge is 0.265 e. The molecule has 0 aliphatic heterocycles. The van der Waals surface area contributed by atoms with Crippen LogP contribution in [0.4, 0.5) is 10.1 Å². The van der Waals surface area contributed by atoms with E-state index in [4.69, 9.17) is 11.6 Å². The maximum absolute atomic E-state index is 13.8. The van der Waals surface area contributed by atoms with Crippen molar-refractivity contribution in [3.05, 3.63) is 40.4 Å². The van der Waals surface area contributed by atoms with Gasteiger partial charge in [-0.1, -0.05) is 17.7 Å². The molecule has 0 bridgehead atoms. The summed E-state index contributed by atoms with van der Waals surface area (Å²) >= 11 is 5.64. The van der Waals surface area contributed by atoms with Gasteiger partial charge in [0.25, 0.3) is 10.0 Å². The molecule has 0 unspecified atom stereocenters. The van der Waals surface area contributed by atoms with Crippen molar-refractivity contribution < 1.29 is 12.8 Å². The molecule has 1 aromatic carbocycles. The standard InChI is InChI=1S/C12H14ClFN4O2S/c1-7-12(10(6-15-2)17-16-7)21(19,20)18-9-5-3-4-8(13)11(9)14/h3-5,15,18H,6H2,1-2H3,(H,16,17). The second-order valence-corrected chi connectivity index (χ2v) is 6.39. The Labute approximate surface area is 126 Å². The Morgan fingerprint density at radius 1 is 1.43 bits per heavy atom. The van der Waals surface area contributed by atoms with Gasteiger partial charge in [-0.2, -0.15) is 5.10 Å². The van der Waals surface area contributed by atoms with E-state index in [2.05, 4.69) is 20.2 Å². The van der Waals surface area contributed by atoms with Gasteiger partial charge in [0.1, 0.15) is 4.90 Å². The first-order valence-corrected chi connectivity index (χ1v) is 7.88. The van der Waals surface area contributed by atoms with Crippen LogP contribution < -0.4 is 10.0 Å². The molecule has 0 atom stereocenters. The molecule has 3 N–H and O–H groups in total. The molecule has 1 heterocycles. The van der Waals surface area contributed by atoms with Crippen LogP contribution in [0.3, 0.4) is 0 Å². The monoisotopic (exact) mass is 332 g/mol. The third kappa shape index (κ3) is 3.17. The van der Waals surface area contributed by atoms with Gasteiger partial charge >= 0.3 is 0 Å². The number of benzene rings is 1. The average Bonchev–Trinajstić information content (AvgIpc) is 2.77. The molecule has 0 radical (unpaired) electrons. The summed E-state index contributed by atoms with van der Waals surface area (Å²) < 4.78 is 40.9. The maximum Gasteiger partial charge on any atom is 0.265 e. The summed E-state index contributed by atoms with van der Waals surface area (Å²) in [5.41, 5.74) is 0.485. The van der Waals surface area contributed by atoms with Crippen molar-refractivity contribution >= 4 is 27.3 Å². The number of sulfonamides is 1. The van der Waals surface area contributed by atoms with E-state index >= 15 is 0 Å². The van der Waals surface area contributed by atoms with Crippen molar-refractivity contribution in [2.75, 3.05) is 11.8 Å². The molecule has 0 aliphatic rings. The van der Waals surface area contributed by atoms with Gasteiger partial charge in [-0.15, -0.1) is 0 Å². The number of halogens is 2. The first-order valence-electron chi connectivity index (χ1n) is 6.02. The Bertz CT molecular complexity index is 761. The van der Waals surface area contributed by atoms with Gasteiger partial charge in [-0.25, -0.2) is 12.8 Å². The lowest BCUT2D eigenvalue weighted by molar-refractivity contribution is 0.596. The molecule has 21 heavy (non-hydrogen) atoms. The van der Waals surface area contributed by atoms with Crippen LogP contribution in [0.25, 0.3) is 0 Å². The second-order valence-electron chi connectivity index (χ2n) is 4.36. The molecule has 0 saturated heterocycles. The Kier molecular flexibility index (Phi) is 4.50. The molecule has 1 aromatic heterocycles. The van der Waals surface area contributed by atoms with Gasteiger partial charge < -0.3 is 5.32 Å². The molecular formula is C12H14ClFN4O2S. The topological polar surface area (TPSA) is 86.9 Å². The largest absolute Gasteiger partial charge is 0.314 e. The molecule has 0 fully saturated rings. The van der Waals surface area contributed by atoms with E-state index in [0.717, 1.165) is 0 Å². The zero-order valence-corrected chi connectivity index (χ0v) is 12.9. The third-order valence-corrected chi connectivity index (χ3v) is 4.63. The minimum atomic E-state index is -3.98. The van der Waals surface area contributed by atoms with Crippen LogP contribution in [0.15, 0.2) is 23.1 Å². The summed E-state index contributed by atoms with van der Waals surface area (Å²) in [5, 5.41) is 9.20. The lowest BCUT2D eigenvalue weighted by Crippen LogP contribution is -2.18. The van der Waals surface area contributed by atoms with Gasteiger partial charge in [-0.3, -0.25) is 9.82 Å². The molecule has 6 nitrogen and oxygen atoms in total. The van der Waals surface area contributed by atoms with Crippen LogP contribution in [0.5, 0.6) is 0 Å². The van der Waals surface area contributed by atoms with Crippen LogP contribution in [-0.4, -0.2) is 25.7 Å². The van der Waals surface area contributed by atoms with Crippen molar-refractivity contribution in [1.82, 2.24) is 15.5 Å². The highest BCUT2D eigenvalue weighted by atomic mass is 35.5. The number of hydrogen-bond donors (Lipinski definition) is 3. The lowest BCUT2D eigenvalue weighted by Gasteiger charge is -2.10. The van der Waals surface area contributed by atoms with Crippen molar-refractivity contribution in [2.24, 2.45) is 0 Å². The SMILES string of the molecule is CNCc1n[nH]c(C)c1S(=O)(=O)Nc1cccc(Cl)c1F. The molecule has 114 valence electrons. The molecule has 0 saturated carbocycles. The number of hydrogen-bond acceptors (Lipinski definition) is 4. The minimum Gasteiger partial charge on any atom is -0.314 e. The first kappa shape index (κ1) is 15.7. The van der Waals surface area contributed by atoms with E-state index < -0.39 is 15.8 Å². The predicted octanol–water partition coefficient (Wildman–Crippen LogP) is 2.03. The van der Waals surface area contributed by atoms with Crippen LogP contribution in [0, 0.1) is 12.7 Å². The Morgan fingerprint density at radius 3 is 2.81 bits per heavy atom. The van der Waals surface area contributed by atoms with Gasteiger partial charge in [0.05, 0.1) is 22.1 Å². The van der Waals surface area contributed by atoms with E-state index in [0.29, 0.717) is 11.4 Å². The number of aromatic nitrogens is 2. The summed E-state index contributed by atoms with van der Waals surface area (Å²) in [6.45, 7) is 1.84. The number of H-pyrrole nitrogens is 1. The predicted molar refractivity (Wildman–Crippen MR) is 78.3 cm³/mol. The highest BCUT2D eigenvalue weighted by Crippen LogP contribution is 2.26. The zero-order chi connectivity index (χ0) is 15.6. The molecule has 2 rings (SSSR count). The van der Waals surface area contributed by atoms with Crippen LogP contribution >= 0.6 is 11.6 Å². The summed E-state index contributed by atoms with van der Waals surface area (Å²) in [6.07, 6.45) is 0. The maximum atomic E-state index is 13.8. The van der Waals surface area contributed by atoms with Crippen LogP contribution in [0.1, 0.15) is 11.4 Å². The molecule has 2 aromatic rings. The van der Waals surface area contributed by atoms with Gasteiger partial charge in [0, 0.05) is 6.54 Å². The molecule has 0 aliphatic carbocycles. The number of aryl methyl sites for hydroxylation is 1. The number of nitrogens with zero attached hydrogens (tertiary/aromatic N) is 1. The Morgan fingerprint density at radius 2 is 2.14 bits per heavy atom. The fourth-order valence-corrected chi connectivity index (χ4v) is 3.49. The number of aromatic amines is 1. The lowest BCUT2D eigenvalue weighted by atomic mass is 10.3. The minimum absolute atomic E-state index is 0.00349. The van der Waals surface area contributed by atoms with Crippen molar-refractivity contribution in [1.29, 1.82) is 0 Å². The molecular weight excluding hydrogens is 319 g/mol. The summed E-state index contributed by atoms with van der Waals surface area (Å²) in [7, 11) is -2.30. The number of rotatable bonds is 5. The summed E-state index contributed by atoms with van der Waals surface area (Å²) in [4.78, 5) is -0.00349. The summed E-state index contributed by atoms with van der Waals surface area (Å²) in [5.74, 6) is -0.820. The first-order chi connectivity index (χ1) is 9.86.